The van der Waals surface area contributed by atoms with Gasteiger partial charge in [-0.05, 0) is 34.9 Å². The quantitative estimate of drug-likeness (QED) is 0.592. The lowest BCUT2D eigenvalue weighted by Crippen LogP contribution is -2.03. The Morgan fingerprint density at radius 2 is 1.82 bits per heavy atom. The number of hydrogen-bond acceptors (Lipinski definition) is 3. The van der Waals surface area contributed by atoms with Gasteiger partial charge in [-0.3, -0.25) is 9.97 Å². The highest BCUT2D eigenvalue weighted by molar-refractivity contribution is 7.98. The van der Waals surface area contributed by atoms with E-state index in [4.69, 9.17) is 4.98 Å². The van der Waals surface area contributed by atoms with Crippen molar-refractivity contribution in [2.24, 2.45) is 0 Å². The fraction of sp³-hybridized carbons (Fsp3) is 0.158. The van der Waals surface area contributed by atoms with E-state index in [1.54, 1.807) is 0 Å². The van der Waals surface area contributed by atoms with Crippen LogP contribution in [0.15, 0.2) is 53.7 Å². The van der Waals surface area contributed by atoms with Crippen LogP contribution in [-0.2, 0) is 5.75 Å². The summed E-state index contributed by atoms with van der Waals surface area (Å²) in [5.41, 5.74) is 9.05. The van der Waals surface area contributed by atoms with Crippen molar-refractivity contribution in [2.75, 3.05) is 0 Å². The number of rotatable bonds is 0. The van der Waals surface area contributed by atoms with Gasteiger partial charge in [0, 0.05) is 40.1 Å². The zero-order valence-corrected chi connectivity index (χ0v) is 13.0. The maximum absolute atomic E-state index is 4.69. The molecule has 2 aliphatic rings. The number of fused-ring (bicyclic) bond motifs is 7. The predicted octanol–water partition coefficient (Wildman–Crippen LogP) is 4.88. The molecule has 0 saturated carbocycles. The first-order chi connectivity index (χ1) is 10.8. The van der Waals surface area contributed by atoms with Crippen LogP contribution in [0.25, 0.3) is 22.5 Å². The van der Waals surface area contributed by atoms with Crippen LogP contribution < -0.4 is 0 Å². The van der Waals surface area contributed by atoms with E-state index >= 15 is 0 Å². The minimum atomic E-state index is 0.381. The van der Waals surface area contributed by atoms with Crippen LogP contribution in [0.3, 0.4) is 0 Å². The molecule has 1 unspecified atom stereocenters. The van der Waals surface area contributed by atoms with Crippen LogP contribution in [0.2, 0.25) is 0 Å². The molecule has 0 fully saturated rings. The van der Waals surface area contributed by atoms with Gasteiger partial charge in [0.25, 0.3) is 0 Å². The molecule has 1 aliphatic heterocycles. The monoisotopic (exact) mass is 302 g/mol. The molecule has 0 bridgehead atoms. The number of nitrogens with zero attached hydrogens (tertiary/aromatic N) is 2. The maximum Gasteiger partial charge on any atom is 0.0844 e. The average molecular weight is 302 g/mol. The van der Waals surface area contributed by atoms with Crippen LogP contribution in [0.1, 0.15) is 29.5 Å². The Morgan fingerprint density at radius 3 is 2.73 bits per heavy atom. The lowest BCUT2D eigenvalue weighted by molar-refractivity contribution is 0.947. The lowest BCUT2D eigenvalue weighted by atomic mass is 9.89. The molecule has 3 aromatic rings. The first-order valence-electron chi connectivity index (χ1n) is 7.54. The standard InChI is InChI=1S/C19H14N2S/c1-11-13-4-2-8-20-18(13)14-7-6-12-10-22-15-5-3-9-21-19(15)17(12)16(11)14/h2-9,11H,10H2,1H3. The summed E-state index contributed by atoms with van der Waals surface area (Å²) in [6.07, 6.45) is 3.79. The van der Waals surface area contributed by atoms with Crippen molar-refractivity contribution in [3.8, 4) is 22.5 Å². The van der Waals surface area contributed by atoms with E-state index in [-0.39, 0.29) is 0 Å². The Hall–Kier alpha value is -2.13. The Labute approximate surface area is 133 Å². The highest BCUT2D eigenvalue weighted by Crippen LogP contribution is 2.52. The van der Waals surface area contributed by atoms with Crippen molar-refractivity contribution in [1.82, 2.24) is 9.97 Å². The summed E-state index contributed by atoms with van der Waals surface area (Å²) in [5.74, 6) is 1.41. The summed E-state index contributed by atoms with van der Waals surface area (Å²) >= 11 is 1.88. The molecule has 0 N–H and O–H groups in total. The Balaban J connectivity index is 1.87. The van der Waals surface area contributed by atoms with Crippen molar-refractivity contribution in [3.63, 3.8) is 0 Å². The van der Waals surface area contributed by atoms with Gasteiger partial charge in [-0.25, -0.2) is 0 Å². The molecule has 22 heavy (non-hydrogen) atoms. The minimum absolute atomic E-state index is 0.381. The second-order valence-corrected chi connectivity index (χ2v) is 6.88. The van der Waals surface area contributed by atoms with Gasteiger partial charge in [0.15, 0.2) is 0 Å². The molecule has 106 valence electrons. The Kier molecular flexibility index (Phi) is 2.50. The third kappa shape index (κ3) is 1.52. The topological polar surface area (TPSA) is 25.8 Å². The van der Waals surface area contributed by atoms with Crippen molar-refractivity contribution >= 4 is 11.8 Å². The summed E-state index contributed by atoms with van der Waals surface area (Å²) in [4.78, 5) is 10.6. The van der Waals surface area contributed by atoms with E-state index in [2.05, 4.69) is 36.2 Å². The van der Waals surface area contributed by atoms with Crippen LogP contribution in [0.5, 0.6) is 0 Å². The molecule has 2 aromatic heterocycles. The SMILES string of the molecule is CC1c2cccnc2-c2ccc3c(c21)-c1ncccc1SC3. The molecule has 3 heteroatoms. The number of thioether (sulfide) groups is 1. The molecular weight excluding hydrogens is 288 g/mol. The predicted molar refractivity (Wildman–Crippen MR) is 90.0 cm³/mol. The molecule has 3 heterocycles. The molecule has 1 atom stereocenters. The molecule has 0 spiro atoms. The third-order valence-corrected chi connectivity index (χ3v) is 5.81. The first-order valence-corrected chi connectivity index (χ1v) is 8.52. The minimum Gasteiger partial charge on any atom is -0.256 e. The number of aromatic nitrogens is 2. The van der Waals surface area contributed by atoms with E-state index in [1.807, 2.05) is 36.3 Å². The Bertz CT molecular complexity index is 917. The molecule has 2 nitrogen and oxygen atoms in total. The van der Waals surface area contributed by atoms with Gasteiger partial charge >= 0.3 is 0 Å². The summed E-state index contributed by atoms with van der Waals surface area (Å²) in [5, 5.41) is 0. The first kappa shape index (κ1) is 12.4. The van der Waals surface area contributed by atoms with Crippen molar-refractivity contribution < 1.29 is 0 Å². The van der Waals surface area contributed by atoms with E-state index < -0.39 is 0 Å². The summed E-state index contributed by atoms with van der Waals surface area (Å²) in [6, 6.07) is 13.0. The molecule has 0 radical (unpaired) electrons. The number of hydrogen-bond donors (Lipinski definition) is 0. The summed E-state index contributed by atoms with van der Waals surface area (Å²) in [7, 11) is 0. The molecule has 1 aliphatic carbocycles. The average Bonchev–Trinajstić information content (AvgIpc) is 2.88. The van der Waals surface area contributed by atoms with Gasteiger partial charge in [0.1, 0.15) is 0 Å². The highest BCUT2D eigenvalue weighted by atomic mass is 32.2. The van der Waals surface area contributed by atoms with E-state index in [1.165, 1.54) is 32.7 Å². The third-order valence-electron chi connectivity index (χ3n) is 4.72. The normalized spacial score (nSPS) is 17.4. The second kappa shape index (κ2) is 4.43. The van der Waals surface area contributed by atoms with Crippen molar-refractivity contribution in [3.05, 3.63) is 65.5 Å². The van der Waals surface area contributed by atoms with Gasteiger partial charge < -0.3 is 0 Å². The second-order valence-electron chi connectivity index (χ2n) is 5.86. The van der Waals surface area contributed by atoms with E-state index in [9.17, 15) is 0 Å². The summed E-state index contributed by atoms with van der Waals surface area (Å²) < 4.78 is 0. The molecule has 5 rings (SSSR count). The van der Waals surface area contributed by atoms with Gasteiger partial charge in [-0.15, -0.1) is 11.8 Å². The van der Waals surface area contributed by atoms with Crippen LogP contribution in [-0.4, -0.2) is 9.97 Å². The molecule has 0 saturated heterocycles. The summed E-state index contributed by atoms with van der Waals surface area (Å²) in [6.45, 7) is 2.29. The van der Waals surface area contributed by atoms with Crippen LogP contribution in [0, 0.1) is 0 Å². The van der Waals surface area contributed by atoms with Crippen LogP contribution >= 0.6 is 11.8 Å². The van der Waals surface area contributed by atoms with Gasteiger partial charge in [-0.1, -0.05) is 25.1 Å². The molecule has 1 aromatic carbocycles. The zero-order valence-electron chi connectivity index (χ0n) is 12.2. The molecule has 0 amide bonds. The van der Waals surface area contributed by atoms with Gasteiger partial charge in [0.05, 0.1) is 11.4 Å². The highest BCUT2D eigenvalue weighted by Gasteiger charge is 2.32. The molecular formula is C19H14N2S. The van der Waals surface area contributed by atoms with Gasteiger partial charge in [-0.2, -0.15) is 0 Å². The van der Waals surface area contributed by atoms with Crippen molar-refractivity contribution in [1.29, 1.82) is 0 Å². The number of pyridine rings is 2. The lowest BCUT2D eigenvalue weighted by Gasteiger charge is -2.22. The number of benzene rings is 1. The fourth-order valence-corrected chi connectivity index (χ4v) is 4.74. The Morgan fingerprint density at radius 1 is 1.00 bits per heavy atom. The largest absolute Gasteiger partial charge is 0.256 e. The van der Waals surface area contributed by atoms with Crippen LogP contribution in [0.4, 0.5) is 0 Å². The van der Waals surface area contributed by atoms with E-state index in [0.29, 0.717) is 5.92 Å². The zero-order chi connectivity index (χ0) is 14.7. The maximum atomic E-state index is 4.69. The van der Waals surface area contributed by atoms with E-state index in [0.717, 1.165) is 17.1 Å². The van der Waals surface area contributed by atoms with Gasteiger partial charge in [0.2, 0.25) is 0 Å². The smallest absolute Gasteiger partial charge is 0.0844 e. The fourth-order valence-electron chi connectivity index (χ4n) is 3.72. The van der Waals surface area contributed by atoms with Crippen molar-refractivity contribution in [2.45, 2.75) is 23.5 Å².